The zero-order chi connectivity index (χ0) is 17.0. The maximum Gasteiger partial charge on any atom is 0.256 e. The lowest BCUT2D eigenvalue weighted by Gasteiger charge is -2.11. The summed E-state index contributed by atoms with van der Waals surface area (Å²) in [4.78, 5) is 23.9. The van der Waals surface area contributed by atoms with Crippen LogP contribution in [0.15, 0.2) is 36.4 Å². The molecule has 0 aliphatic heterocycles. The summed E-state index contributed by atoms with van der Waals surface area (Å²) in [5.41, 5.74) is 2.32. The van der Waals surface area contributed by atoms with E-state index in [9.17, 15) is 14.0 Å². The molecule has 120 valence electrons. The molecule has 0 saturated heterocycles. The van der Waals surface area contributed by atoms with Crippen LogP contribution in [0.25, 0.3) is 0 Å². The number of rotatable bonds is 4. The maximum atomic E-state index is 13.6. The normalized spacial score (nSPS) is 10.3. The van der Waals surface area contributed by atoms with Gasteiger partial charge in [-0.25, -0.2) is 4.39 Å². The summed E-state index contributed by atoms with van der Waals surface area (Å²) in [6.45, 7) is 3.50. The van der Waals surface area contributed by atoms with Crippen molar-refractivity contribution >= 4 is 29.1 Å². The van der Waals surface area contributed by atoms with Gasteiger partial charge in [-0.2, -0.15) is 0 Å². The van der Waals surface area contributed by atoms with E-state index in [-0.39, 0.29) is 17.1 Å². The van der Waals surface area contributed by atoms with Crippen molar-refractivity contribution in [3.8, 4) is 0 Å². The lowest BCUT2D eigenvalue weighted by Crippen LogP contribution is -2.33. The Kier molecular flexibility index (Phi) is 5.34. The van der Waals surface area contributed by atoms with Gasteiger partial charge in [0, 0.05) is 5.69 Å². The third-order valence-corrected chi connectivity index (χ3v) is 3.58. The third kappa shape index (κ3) is 4.29. The molecule has 0 heterocycles. The van der Waals surface area contributed by atoms with E-state index in [0.29, 0.717) is 5.69 Å². The van der Waals surface area contributed by atoms with Gasteiger partial charge < -0.3 is 10.6 Å². The van der Waals surface area contributed by atoms with Gasteiger partial charge >= 0.3 is 0 Å². The fourth-order valence-corrected chi connectivity index (χ4v) is 2.28. The molecule has 0 fully saturated rings. The van der Waals surface area contributed by atoms with Crippen LogP contribution in [0, 0.1) is 19.7 Å². The Morgan fingerprint density at radius 1 is 1.17 bits per heavy atom. The Labute approximate surface area is 138 Å². The summed E-state index contributed by atoms with van der Waals surface area (Å²) in [5, 5.41) is 5.06. The van der Waals surface area contributed by atoms with Crippen LogP contribution in [-0.4, -0.2) is 18.4 Å². The monoisotopic (exact) mass is 334 g/mol. The van der Waals surface area contributed by atoms with E-state index in [4.69, 9.17) is 11.6 Å². The maximum absolute atomic E-state index is 13.6. The fourth-order valence-electron chi connectivity index (χ4n) is 2.03. The second kappa shape index (κ2) is 7.24. The molecule has 0 unspecified atom stereocenters. The van der Waals surface area contributed by atoms with Crippen molar-refractivity contribution in [1.29, 1.82) is 0 Å². The van der Waals surface area contributed by atoms with Crippen LogP contribution in [0.1, 0.15) is 21.5 Å². The van der Waals surface area contributed by atoms with Crippen LogP contribution in [-0.2, 0) is 4.79 Å². The number of aryl methyl sites for hydroxylation is 2. The minimum absolute atomic E-state index is 0.00237. The Balaban J connectivity index is 1.99. The van der Waals surface area contributed by atoms with Gasteiger partial charge in [-0.15, -0.1) is 0 Å². The molecule has 0 radical (unpaired) electrons. The highest BCUT2D eigenvalue weighted by molar-refractivity contribution is 6.33. The number of amides is 2. The van der Waals surface area contributed by atoms with Crippen molar-refractivity contribution in [2.24, 2.45) is 0 Å². The molecule has 23 heavy (non-hydrogen) atoms. The van der Waals surface area contributed by atoms with Crippen LogP contribution in [0.3, 0.4) is 0 Å². The smallest absolute Gasteiger partial charge is 0.256 e. The van der Waals surface area contributed by atoms with E-state index in [2.05, 4.69) is 10.6 Å². The number of carbonyl (C=O) groups excluding carboxylic acids is 2. The first-order valence-electron chi connectivity index (χ1n) is 6.98. The van der Waals surface area contributed by atoms with Gasteiger partial charge in [0.25, 0.3) is 5.91 Å². The van der Waals surface area contributed by atoms with Gasteiger partial charge in [-0.05, 0) is 43.2 Å². The molecule has 0 aliphatic rings. The zero-order valence-corrected chi connectivity index (χ0v) is 13.5. The lowest BCUT2D eigenvalue weighted by atomic mass is 10.1. The Morgan fingerprint density at radius 3 is 2.61 bits per heavy atom. The number of benzene rings is 2. The highest BCUT2D eigenvalue weighted by atomic mass is 35.5. The topological polar surface area (TPSA) is 58.2 Å². The molecule has 2 aromatic rings. The number of halogens is 2. The molecule has 4 nitrogen and oxygen atoms in total. The summed E-state index contributed by atoms with van der Waals surface area (Å²) >= 11 is 5.81. The molecule has 0 spiro atoms. The molecular formula is C17H16ClFN2O2. The number of anilines is 1. The third-order valence-electron chi connectivity index (χ3n) is 3.27. The van der Waals surface area contributed by atoms with Crippen LogP contribution in [0.2, 0.25) is 5.02 Å². The largest absolute Gasteiger partial charge is 0.343 e. The van der Waals surface area contributed by atoms with Crippen LogP contribution in [0.5, 0.6) is 0 Å². The molecular weight excluding hydrogens is 319 g/mol. The fraction of sp³-hybridized carbons (Fsp3) is 0.176. The molecule has 2 amide bonds. The predicted molar refractivity (Wildman–Crippen MR) is 88.3 cm³/mol. The summed E-state index contributed by atoms with van der Waals surface area (Å²) in [7, 11) is 0. The van der Waals surface area contributed by atoms with Gasteiger partial charge in [-0.1, -0.05) is 29.8 Å². The quantitative estimate of drug-likeness (QED) is 0.899. The number of nitrogens with one attached hydrogen (secondary N) is 2. The van der Waals surface area contributed by atoms with Crippen molar-refractivity contribution in [2.45, 2.75) is 13.8 Å². The summed E-state index contributed by atoms with van der Waals surface area (Å²) in [6.07, 6.45) is 0. The summed E-state index contributed by atoms with van der Waals surface area (Å²) in [6, 6.07) is 9.62. The minimum atomic E-state index is -0.732. The molecule has 0 bridgehead atoms. The van der Waals surface area contributed by atoms with Crippen molar-refractivity contribution in [3.63, 3.8) is 0 Å². The van der Waals surface area contributed by atoms with Crippen molar-refractivity contribution in [1.82, 2.24) is 5.32 Å². The average Bonchev–Trinajstić information content (AvgIpc) is 2.49. The van der Waals surface area contributed by atoms with Crippen molar-refractivity contribution < 1.29 is 14.0 Å². The van der Waals surface area contributed by atoms with Crippen LogP contribution >= 0.6 is 11.6 Å². The molecule has 2 N–H and O–H groups in total. The van der Waals surface area contributed by atoms with Gasteiger partial charge in [0.1, 0.15) is 5.82 Å². The first kappa shape index (κ1) is 17.0. The second-order valence-corrected chi connectivity index (χ2v) is 5.55. The van der Waals surface area contributed by atoms with E-state index in [1.807, 2.05) is 32.0 Å². The SMILES string of the molecule is Cc1ccc(C)c(NC(=O)CNC(=O)c2c(F)cccc2Cl)c1. The zero-order valence-electron chi connectivity index (χ0n) is 12.7. The van der Waals surface area contributed by atoms with Gasteiger partial charge in [-0.3, -0.25) is 9.59 Å². The van der Waals surface area contributed by atoms with E-state index >= 15 is 0 Å². The highest BCUT2D eigenvalue weighted by Gasteiger charge is 2.16. The number of hydrogen-bond acceptors (Lipinski definition) is 2. The molecule has 0 atom stereocenters. The van der Waals surface area contributed by atoms with Crippen molar-refractivity contribution in [2.75, 3.05) is 11.9 Å². The average molecular weight is 335 g/mol. The van der Waals surface area contributed by atoms with Gasteiger partial charge in [0.2, 0.25) is 5.91 Å². The van der Waals surface area contributed by atoms with Crippen LogP contribution < -0.4 is 10.6 Å². The standard InChI is InChI=1S/C17H16ClFN2O2/c1-10-6-7-11(2)14(8-10)21-15(22)9-20-17(23)16-12(18)4-3-5-13(16)19/h3-8H,9H2,1-2H3,(H,20,23)(H,21,22). The molecule has 0 aliphatic carbocycles. The number of hydrogen-bond donors (Lipinski definition) is 2. The molecule has 0 saturated carbocycles. The Bertz CT molecular complexity index is 742. The van der Waals surface area contributed by atoms with Crippen LogP contribution in [0.4, 0.5) is 10.1 Å². The first-order chi connectivity index (χ1) is 10.9. The van der Waals surface area contributed by atoms with Gasteiger partial charge in [0.05, 0.1) is 17.1 Å². The number of carbonyl (C=O) groups is 2. The van der Waals surface area contributed by atoms with Gasteiger partial charge in [0.15, 0.2) is 0 Å². The lowest BCUT2D eigenvalue weighted by molar-refractivity contribution is -0.115. The summed E-state index contributed by atoms with van der Waals surface area (Å²) < 4.78 is 13.6. The summed E-state index contributed by atoms with van der Waals surface area (Å²) in [5.74, 6) is -1.87. The van der Waals surface area contributed by atoms with E-state index < -0.39 is 17.6 Å². The molecule has 2 rings (SSSR count). The Morgan fingerprint density at radius 2 is 1.91 bits per heavy atom. The Hall–Kier alpha value is -2.40. The van der Waals surface area contributed by atoms with E-state index in [1.165, 1.54) is 12.1 Å². The second-order valence-electron chi connectivity index (χ2n) is 5.15. The predicted octanol–water partition coefficient (Wildman–Crippen LogP) is 3.46. The highest BCUT2D eigenvalue weighted by Crippen LogP contribution is 2.19. The first-order valence-corrected chi connectivity index (χ1v) is 7.35. The molecule has 0 aromatic heterocycles. The molecule has 6 heteroatoms. The van der Waals surface area contributed by atoms with E-state index in [1.54, 1.807) is 0 Å². The van der Waals surface area contributed by atoms with E-state index in [0.717, 1.165) is 17.2 Å². The minimum Gasteiger partial charge on any atom is -0.343 e. The molecule has 2 aromatic carbocycles. The van der Waals surface area contributed by atoms with Crippen molar-refractivity contribution in [3.05, 3.63) is 63.9 Å².